The van der Waals surface area contributed by atoms with Gasteiger partial charge in [0.25, 0.3) is 0 Å². The lowest BCUT2D eigenvalue weighted by atomic mass is 10.2. The smallest absolute Gasteiger partial charge is 0.355 e. The van der Waals surface area contributed by atoms with Gasteiger partial charge >= 0.3 is 5.97 Å². The summed E-state index contributed by atoms with van der Waals surface area (Å²) in [5.74, 6) is -2.20. The molecule has 1 aromatic heterocycles. The van der Waals surface area contributed by atoms with Gasteiger partial charge < -0.3 is 14.9 Å². The first-order valence-electron chi connectivity index (χ1n) is 8.24. The summed E-state index contributed by atoms with van der Waals surface area (Å²) in [6, 6.07) is 10.2. The van der Waals surface area contributed by atoms with E-state index in [1.165, 1.54) is 11.3 Å². The molecular formula is C18H17ClN3O4S-. The number of carboxylic acid groups (broad SMARTS) is 1. The first kappa shape index (κ1) is 19.5. The van der Waals surface area contributed by atoms with Crippen molar-refractivity contribution in [2.75, 3.05) is 26.3 Å². The van der Waals surface area contributed by atoms with Crippen molar-refractivity contribution in [1.82, 2.24) is 4.90 Å². The number of benzene rings is 1. The van der Waals surface area contributed by atoms with Crippen LogP contribution in [0.25, 0.3) is 5.76 Å². The van der Waals surface area contributed by atoms with Crippen molar-refractivity contribution in [2.45, 2.75) is 6.54 Å². The predicted molar refractivity (Wildman–Crippen MR) is 101 cm³/mol. The Hall–Kier alpha value is -2.26. The van der Waals surface area contributed by atoms with E-state index in [2.05, 4.69) is 15.1 Å². The fourth-order valence-electron chi connectivity index (χ4n) is 2.54. The van der Waals surface area contributed by atoms with E-state index in [9.17, 15) is 15.0 Å². The summed E-state index contributed by atoms with van der Waals surface area (Å²) in [5.41, 5.74) is -0.0840. The molecule has 1 N–H and O–H groups in total. The maximum atomic E-state index is 12.7. The van der Waals surface area contributed by atoms with Gasteiger partial charge in [-0.2, -0.15) is 5.11 Å². The molecule has 2 heterocycles. The molecule has 1 aliphatic rings. The van der Waals surface area contributed by atoms with Gasteiger partial charge in [0, 0.05) is 24.5 Å². The van der Waals surface area contributed by atoms with E-state index < -0.39 is 17.4 Å². The van der Waals surface area contributed by atoms with Gasteiger partial charge in [-0.3, -0.25) is 4.90 Å². The number of thiophene rings is 1. The van der Waals surface area contributed by atoms with Crippen LogP contribution in [0.1, 0.15) is 10.4 Å². The number of aliphatic carboxylic acids is 1. The summed E-state index contributed by atoms with van der Waals surface area (Å²) in [5, 5.41) is 29.5. The van der Waals surface area contributed by atoms with Crippen LogP contribution in [0.2, 0.25) is 4.34 Å². The number of azo groups is 1. The Labute approximate surface area is 165 Å². The second-order valence-electron chi connectivity index (χ2n) is 5.81. The highest BCUT2D eigenvalue weighted by Crippen LogP contribution is 2.33. The molecule has 0 spiro atoms. The third-order valence-corrected chi connectivity index (χ3v) is 5.25. The Morgan fingerprint density at radius 2 is 2.00 bits per heavy atom. The van der Waals surface area contributed by atoms with Crippen LogP contribution < -0.4 is 5.11 Å². The molecule has 3 rings (SSSR count). The Balaban J connectivity index is 1.85. The fraction of sp³-hybridized carbons (Fsp3) is 0.278. The topological polar surface area (TPSA) is 97.5 Å². The van der Waals surface area contributed by atoms with E-state index in [4.69, 9.17) is 16.3 Å². The van der Waals surface area contributed by atoms with E-state index >= 15 is 0 Å². The molecule has 0 unspecified atom stereocenters. The van der Waals surface area contributed by atoms with Gasteiger partial charge in [-0.25, -0.2) is 4.79 Å². The number of rotatable bonds is 6. The third kappa shape index (κ3) is 5.14. The van der Waals surface area contributed by atoms with Gasteiger partial charge in [0.2, 0.25) is 0 Å². The summed E-state index contributed by atoms with van der Waals surface area (Å²) in [6.07, 6.45) is 0. The number of ether oxygens (including phenoxy) is 1. The van der Waals surface area contributed by atoms with Crippen molar-refractivity contribution < 1.29 is 19.7 Å². The Morgan fingerprint density at radius 3 is 2.67 bits per heavy atom. The van der Waals surface area contributed by atoms with Gasteiger partial charge in [-0.15, -0.1) is 16.5 Å². The molecule has 0 radical (unpaired) electrons. The standard InChI is InChI=1S/C18H18ClN3O4S/c19-17-14(10-13(27-17)11-22-6-8-26-9-7-22)16(23)15(18(24)25)21-20-12-4-2-1-3-5-12/h1-5,10,23H,6-9,11H2,(H,24,25)/p-1/b16-15+,21-20?. The highest BCUT2D eigenvalue weighted by Gasteiger charge is 2.17. The minimum Gasteiger partial charge on any atom is -0.870 e. The minimum absolute atomic E-state index is 0.134. The summed E-state index contributed by atoms with van der Waals surface area (Å²) in [4.78, 5) is 14.6. The highest BCUT2D eigenvalue weighted by molar-refractivity contribution is 7.16. The second-order valence-corrected chi connectivity index (χ2v) is 7.55. The lowest BCUT2D eigenvalue weighted by Crippen LogP contribution is -2.35. The normalized spacial score (nSPS) is 16.5. The number of morpholine rings is 1. The molecule has 142 valence electrons. The van der Waals surface area contributed by atoms with Crippen LogP contribution in [-0.2, 0) is 16.1 Å². The molecule has 1 aromatic carbocycles. The molecule has 1 saturated heterocycles. The van der Waals surface area contributed by atoms with Gasteiger partial charge in [-0.05, 0) is 23.8 Å². The molecule has 0 aliphatic carbocycles. The average Bonchev–Trinajstić information content (AvgIpc) is 3.03. The van der Waals surface area contributed by atoms with Crippen molar-refractivity contribution in [3.05, 3.63) is 56.9 Å². The molecule has 0 saturated carbocycles. The molecule has 27 heavy (non-hydrogen) atoms. The van der Waals surface area contributed by atoms with Crippen LogP contribution in [-0.4, -0.2) is 42.3 Å². The molecule has 2 aromatic rings. The Morgan fingerprint density at radius 1 is 1.30 bits per heavy atom. The van der Waals surface area contributed by atoms with Crippen molar-refractivity contribution in [2.24, 2.45) is 10.2 Å². The van der Waals surface area contributed by atoms with E-state index in [0.717, 1.165) is 18.0 Å². The maximum Gasteiger partial charge on any atom is 0.355 e. The van der Waals surface area contributed by atoms with Gasteiger partial charge in [0.1, 0.15) is 0 Å². The first-order valence-corrected chi connectivity index (χ1v) is 9.44. The van der Waals surface area contributed by atoms with E-state index in [0.29, 0.717) is 25.4 Å². The summed E-state index contributed by atoms with van der Waals surface area (Å²) >= 11 is 7.46. The number of hydrogen-bond acceptors (Lipinski definition) is 7. The minimum atomic E-state index is -1.45. The zero-order valence-electron chi connectivity index (χ0n) is 14.3. The third-order valence-electron chi connectivity index (χ3n) is 3.90. The molecule has 0 bridgehead atoms. The van der Waals surface area contributed by atoms with Crippen LogP contribution in [0.5, 0.6) is 0 Å². The molecule has 1 aliphatic heterocycles. The molecule has 9 heteroatoms. The Kier molecular flexibility index (Phi) is 6.57. The predicted octanol–water partition coefficient (Wildman–Crippen LogP) is 3.13. The molecule has 0 amide bonds. The number of carboxylic acids is 1. The van der Waals surface area contributed by atoms with Crippen LogP contribution in [0.15, 0.2) is 52.3 Å². The van der Waals surface area contributed by atoms with Crippen LogP contribution in [0.4, 0.5) is 5.69 Å². The van der Waals surface area contributed by atoms with E-state index in [-0.39, 0.29) is 9.90 Å². The number of hydrogen-bond donors (Lipinski definition) is 1. The highest BCUT2D eigenvalue weighted by atomic mass is 35.5. The summed E-state index contributed by atoms with van der Waals surface area (Å²) in [6.45, 7) is 3.57. The fourth-order valence-corrected chi connectivity index (χ4v) is 3.90. The zero-order valence-corrected chi connectivity index (χ0v) is 15.9. The van der Waals surface area contributed by atoms with Gasteiger partial charge in [-0.1, -0.05) is 35.6 Å². The summed E-state index contributed by atoms with van der Waals surface area (Å²) in [7, 11) is 0. The number of nitrogens with zero attached hydrogens (tertiary/aromatic N) is 3. The molecule has 1 fully saturated rings. The maximum absolute atomic E-state index is 12.7. The van der Waals surface area contributed by atoms with Crippen molar-refractivity contribution >= 4 is 40.4 Å². The quantitative estimate of drug-likeness (QED) is 0.451. The molecule has 0 atom stereocenters. The number of carbonyl (C=O) groups is 1. The van der Waals surface area contributed by atoms with Crippen LogP contribution in [0, 0.1) is 0 Å². The zero-order chi connectivity index (χ0) is 19.2. The van der Waals surface area contributed by atoms with Crippen LogP contribution in [0.3, 0.4) is 0 Å². The van der Waals surface area contributed by atoms with Gasteiger partial charge in [0.15, 0.2) is 5.70 Å². The summed E-state index contributed by atoms with van der Waals surface area (Å²) < 4.78 is 5.56. The van der Waals surface area contributed by atoms with Crippen molar-refractivity contribution in [3.63, 3.8) is 0 Å². The average molecular weight is 407 g/mol. The van der Waals surface area contributed by atoms with Crippen molar-refractivity contribution in [3.8, 4) is 0 Å². The lowest BCUT2D eigenvalue weighted by Gasteiger charge is -2.25. The van der Waals surface area contributed by atoms with E-state index in [1.54, 1.807) is 36.4 Å². The number of halogens is 1. The van der Waals surface area contributed by atoms with Gasteiger partial charge in [0.05, 0.1) is 23.2 Å². The van der Waals surface area contributed by atoms with Crippen LogP contribution >= 0.6 is 22.9 Å². The van der Waals surface area contributed by atoms with Crippen molar-refractivity contribution in [1.29, 1.82) is 0 Å². The largest absolute Gasteiger partial charge is 0.870 e. The van der Waals surface area contributed by atoms with E-state index in [1.807, 2.05) is 0 Å². The monoisotopic (exact) mass is 406 g/mol. The first-order chi connectivity index (χ1) is 13.0. The Bertz CT molecular complexity index is 861. The molecular weight excluding hydrogens is 390 g/mol. The second kappa shape index (κ2) is 9.09. The SMILES string of the molecule is O=C(O)/C(N=Nc1ccccc1)=C(\[O-])c1cc(CN2CCOCC2)sc1Cl. The lowest BCUT2D eigenvalue weighted by molar-refractivity contribution is -0.245. The molecule has 7 nitrogen and oxygen atoms in total.